The third-order valence-corrected chi connectivity index (χ3v) is 6.94. The number of rotatable bonds is 6. The number of nitriles is 1. The van der Waals surface area contributed by atoms with Gasteiger partial charge in [-0.3, -0.25) is 9.59 Å². The second-order valence-corrected chi connectivity index (χ2v) is 9.27. The average Bonchev–Trinajstić information content (AvgIpc) is 3.39. The number of carboxylic acids is 1. The molecule has 5 rings (SSSR count). The van der Waals surface area contributed by atoms with E-state index in [9.17, 15) is 20.0 Å². The van der Waals surface area contributed by atoms with Crippen LogP contribution in [0.25, 0.3) is 11.5 Å². The number of carbonyl (C=O) groups is 2. The number of nitrogens with zero attached hydrogens (tertiary/aromatic N) is 3. The van der Waals surface area contributed by atoms with Crippen molar-refractivity contribution in [2.75, 3.05) is 11.9 Å². The normalized spacial score (nSPS) is 20.9. The highest BCUT2D eigenvalue weighted by Gasteiger charge is 2.61. The van der Waals surface area contributed by atoms with Crippen LogP contribution in [0.1, 0.15) is 54.6 Å². The van der Waals surface area contributed by atoms with Crippen LogP contribution < -0.4 is 10.1 Å². The van der Waals surface area contributed by atoms with Crippen molar-refractivity contribution >= 4 is 17.6 Å². The number of nitrogens with one attached hydrogen (secondary N) is 1. The van der Waals surface area contributed by atoms with E-state index in [2.05, 4.69) is 21.5 Å². The predicted octanol–water partition coefficient (Wildman–Crippen LogP) is 4.17. The quantitative estimate of drug-likeness (QED) is 0.545. The molecule has 9 nitrogen and oxygen atoms in total. The van der Waals surface area contributed by atoms with Gasteiger partial charge in [0.25, 0.3) is 5.89 Å². The number of benzene rings is 2. The Morgan fingerprint density at radius 1 is 1.31 bits per heavy atom. The molecule has 1 aliphatic carbocycles. The Kier molecular flexibility index (Phi) is 5.52. The maximum Gasteiger partial charge on any atom is 0.303 e. The van der Waals surface area contributed by atoms with Crippen molar-refractivity contribution in [3.63, 3.8) is 0 Å². The zero-order valence-electron chi connectivity index (χ0n) is 19.4. The van der Waals surface area contributed by atoms with Crippen LogP contribution in [-0.4, -0.2) is 33.7 Å². The van der Waals surface area contributed by atoms with Crippen molar-refractivity contribution in [2.45, 2.75) is 44.4 Å². The summed E-state index contributed by atoms with van der Waals surface area (Å²) in [6.45, 7) is 4.06. The van der Waals surface area contributed by atoms with Gasteiger partial charge in [0.05, 0.1) is 24.7 Å². The molecule has 35 heavy (non-hydrogen) atoms. The number of carboxylic acid groups (broad SMARTS) is 1. The van der Waals surface area contributed by atoms with Crippen LogP contribution in [0.15, 0.2) is 40.9 Å². The van der Waals surface area contributed by atoms with Crippen LogP contribution in [0, 0.1) is 24.2 Å². The molecule has 1 amide bonds. The summed E-state index contributed by atoms with van der Waals surface area (Å²) < 4.78 is 11.2. The number of aliphatic carboxylic acids is 1. The fraction of sp³-hybridized carbons (Fsp3) is 0.346. The van der Waals surface area contributed by atoms with E-state index in [0.717, 1.165) is 16.9 Å². The Morgan fingerprint density at radius 2 is 2.14 bits per heavy atom. The largest absolute Gasteiger partial charge is 0.493 e. The van der Waals surface area contributed by atoms with Gasteiger partial charge in [-0.15, -0.1) is 0 Å². The number of fused-ring (bicyclic) bond motifs is 2. The molecule has 0 bridgehead atoms. The Hall–Kier alpha value is -4.19. The molecular formula is C26H24N4O5. The van der Waals surface area contributed by atoms with E-state index in [1.165, 1.54) is 0 Å². The fourth-order valence-electron chi connectivity index (χ4n) is 5.05. The molecule has 1 aromatic heterocycles. The first-order valence-corrected chi connectivity index (χ1v) is 11.5. The summed E-state index contributed by atoms with van der Waals surface area (Å²) >= 11 is 0. The highest BCUT2D eigenvalue weighted by molar-refractivity contribution is 5.97. The molecule has 1 aliphatic heterocycles. The lowest BCUT2D eigenvalue weighted by molar-refractivity contribution is -0.137. The first-order chi connectivity index (χ1) is 16.8. The van der Waals surface area contributed by atoms with Crippen molar-refractivity contribution < 1.29 is 24.0 Å². The van der Waals surface area contributed by atoms with Gasteiger partial charge in [0, 0.05) is 28.1 Å². The summed E-state index contributed by atoms with van der Waals surface area (Å²) in [5, 5.41) is 25.4. The first kappa shape index (κ1) is 22.6. The molecule has 2 aromatic carbocycles. The Morgan fingerprint density at radius 3 is 2.86 bits per heavy atom. The monoisotopic (exact) mass is 472 g/mol. The molecule has 2 aliphatic rings. The summed E-state index contributed by atoms with van der Waals surface area (Å²) in [7, 11) is 0. The van der Waals surface area contributed by atoms with E-state index in [4.69, 9.17) is 9.26 Å². The van der Waals surface area contributed by atoms with E-state index in [0.29, 0.717) is 48.0 Å². The molecular weight excluding hydrogens is 448 g/mol. The molecule has 2 N–H and O–H groups in total. The summed E-state index contributed by atoms with van der Waals surface area (Å²) in [6, 6.07) is 12.7. The van der Waals surface area contributed by atoms with Crippen LogP contribution in [0.2, 0.25) is 0 Å². The number of anilines is 1. The summed E-state index contributed by atoms with van der Waals surface area (Å²) in [6.07, 6.45) is 1.29. The van der Waals surface area contributed by atoms with Crippen molar-refractivity contribution in [1.82, 2.24) is 10.1 Å². The molecule has 1 fully saturated rings. The standard InChI is InChI=1S/C26H24N4O5/c1-14(9-23(31)32)18-5-3-16(13-27)10-21(18)29-24(33)20-12-26(20)7-8-34-22-6-4-17(11-19(22)26)25-28-15(2)30-35-25/h3-6,10-11,14,20H,7-9,12H2,1-2H3,(H,29,33)(H,31,32)/t14?,20-,26-/m0/s1. The Balaban J connectivity index is 1.43. The first-order valence-electron chi connectivity index (χ1n) is 11.5. The molecule has 3 atom stereocenters. The molecule has 3 aromatic rings. The topological polar surface area (TPSA) is 138 Å². The minimum atomic E-state index is -0.925. The van der Waals surface area contributed by atoms with Crippen molar-refractivity contribution in [1.29, 1.82) is 5.26 Å². The molecule has 0 radical (unpaired) electrons. The summed E-state index contributed by atoms with van der Waals surface area (Å²) in [4.78, 5) is 29.0. The van der Waals surface area contributed by atoms with E-state index >= 15 is 0 Å². The zero-order chi connectivity index (χ0) is 24.7. The molecule has 1 spiro atoms. The number of ether oxygens (including phenoxy) is 1. The number of aromatic nitrogens is 2. The third kappa shape index (κ3) is 4.12. The van der Waals surface area contributed by atoms with Gasteiger partial charge in [-0.1, -0.05) is 18.1 Å². The summed E-state index contributed by atoms with van der Waals surface area (Å²) in [5.74, 6) is 0.0138. The average molecular weight is 473 g/mol. The van der Waals surface area contributed by atoms with Gasteiger partial charge in [0.15, 0.2) is 5.82 Å². The summed E-state index contributed by atoms with van der Waals surface area (Å²) in [5.41, 5.74) is 2.92. The highest BCUT2D eigenvalue weighted by atomic mass is 16.5. The molecule has 1 saturated carbocycles. The van der Waals surface area contributed by atoms with Crippen LogP contribution >= 0.6 is 0 Å². The van der Waals surface area contributed by atoms with Gasteiger partial charge in [-0.2, -0.15) is 10.2 Å². The number of carbonyl (C=O) groups excluding carboxylic acids is 1. The van der Waals surface area contributed by atoms with E-state index in [1.807, 2.05) is 18.2 Å². The molecule has 178 valence electrons. The van der Waals surface area contributed by atoms with Crippen LogP contribution in [0.5, 0.6) is 5.75 Å². The predicted molar refractivity (Wildman–Crippen MR) is 125 cm³/mol. The second kappa shape index (κ2) is 8.55. The van der Waals surface area contributed by atoms with Gasteiger partial charge >= 0.3 is 5.97 Å². The molecule has 1 unspecified atom stereocenters. The highest BCUT2D eigenvalue weighted by Crippen LogP contribution is 2.61. The molecule has 0 saturated heterocycles. The van der Waals surface area contributed by atoms with E-state index in [1.54, 1.807) is 32.0 Å². The molecule has 2 heterocycles. The van der Waals surface area contributed by atoms with Gasteiger partial charge in [-0.05, 0) is 61.6 Å². The van der Waals surface area contributed by atoms with Gasteiger partial charge < -0.3 is 19.7 Å². The minimum absolute atomic E-state index is 0.0786. The maximum absolute atomic E-state index is 13.4. The van der Waals surface area contributed by atoms with E-state index in [-0.39, 0.29) is 29.6 Å². The van der Waals surface area contributed by atoms with Crippen molar-refractivity contribution in [2.24, 2.45) is 5.92 Å². The minimum Gasteiger partial charge on any atom is -0.493 e. The van der Waals surface area contributed by atoms with Gasteiger partial charge in [0.1, 0.15) is 5.75 Å². The molecule has 9 heteroatoms. The zero-order valence-corrected chi connectivity index (χ0v) is 19.4. The van der Waals surface area contributed by atoms with Crippen molar-refractivity contribution in [3.8, 4) is 23.3 Å². The van der Waals surface area contributed by atoms with Crippen LogP contribution in [0.4, 0.5) is 5.69 Å². The SMILES string of the molecule is Cc1noc(-c2ccc3c(c2)[C@]2(CCO3)C[C@H]2C(=O)Nc2cc(C#N)ccc2C(C)CC(=O)O)n1. The van der Waals surface area contributed by atoms with Crippen LogP contribution in [0.3, 0.4) is 0 Å². The Labute approximate surface area is 201 Å². The number of hydrogen-bond donors (Lipinski definition) is 2. The van der Waals surface area contributed by atoms with Gasteiger partial charge in [0.2, 0.25) is 5.91 Å². The lowest BCUT2D eigenvalue weighted by Crippen LogP contribution is -2.27. The van der Waals surface area contributed by atoms with E-state index < -0.39 is 5.97 Å². The van der Waals surface area contributed by atoms with Crippen LogP contribution in [-0.2, 0) is 15.0 Å². The number of aryl methyl sites for hydroxylation is 1. The third-order valence-electron chi connectivity index (χ3n) is 6.94. The number of amides is 1. The lowest BCUT2D eigenvalue weighted by atomic mass is 9.86. The lowest BCUT2D eigenvalue weighted by Gasteiger charge is -2.27. The van der Waals surface area contributed by atoms with Gasteiger partial charge in [-0.25, -0.2) is 0 Å². The Bertz CT molecular complexity index is 1370. The number of hydrogen-bond acceptors (Lipinski definition) is 7. The van der Waals surface area contributed by atoms with Crippen molar-refractivity contribution in [3.05, 3.63) is 58.9 Å². The second-order valence-electron chi connectivity index (χ2n) is 9.27. The fourth-order valence-corrected chi connectivity index (χ4v) is 5.05. The smallest absolute Gasteiger partial charge is 0.303 e. The maximum atomic E-state index is 13.4.